The lowest BCUT2D eigenvalue weighted by Crippen LogP contribution is -2.39. The van der Waals surface area contributed by atoms with Gasteiger partial charge < -0.3 is 45.7 Å². The normalized spacial score (nSPS) is 26.2. The van der Waals surface area contributed by atoms with E-state index in [4.69, 9.17) is 44.4 Å². The van der Waals surface area contributed by atoms with Gasteiger partial charge in [-0.05, 0) is 18.9 Å². The maximum absolute atomic E-state index is 14.4. The number of rotatable bonds is 18. The number of anilines is 2. The topological polar surface area (TPSA) is 350 Å². The molecule has 2 aliphatic heterocycles. The number of hydrogen-bond donors (Lipinski definition) is 8. The number of carbonyl (C=O) groups is 1. The third kappa shape index (κ3) is 9.66. The van der Waals surface area contributed by atoms with E-state index in [1.54, 1.807) is 0 Å². The standard InChI is InChI=1S/C26H39N9O15P2/c1-45-20-19(15(11-47-52(42,43)44)49-24(20)35-12-29-18-21(35)32-25(28)33-22(18)39)50-51(41,30-7-4-2-3-5-17(37)38)46-10-13-9-14(36)23(48-13)34-8-6-16(27)31-26(34)40/h6,8,12-15,19-20,23-24,36H,2-5,7,9-11H2,1H3,(H,30,41)(H,37,38)(H2,27,31,40)(H2,42,43,44)(H3,28,32,33,39)/t13-,14+,15+,19+,20+,23+,24+,51?/m0/s1. The fraction of sp³-hybridized carbons (Fsp3) is 0.615. The smallest absolute Gasteiger partial charge is 0.469 e. The van der Waals surface area contributed by atoms with E-state index in [0.717, 1.165) is 4.57 Å². The van der Waals surface area contributed by atoms with Gasteiger partial charge in [-0.25, -0.2) is 24.0 Å². The van der Waals surface area contributed by atoms with E-state index >= 15 is 0 Å². The summed E-state index contributed by atoms with van der Waals surface area (Å²) in [7, 11) is -8.30. The number of nitrogens with two attached hydrogens (primary N) is 2. The van der Waals surface area contributed by atoms with Gasteiger partial charge >= 0.3 is 27.2 Å². The van der Waals surface area contributed by atoms with Gasteiger partial charge in [0.25, 0.3) is 5.56 Å². The van der Waals surface area contributed by atoms with Crippen LogP contribution in [0.4, 0.5) is 11.8 Å². The number of aromatic amines is 1. The highest BCUT2D eigenvalue weighted by atomic mass is 31.2. The number of phosphoric ester groups is 1. The quantitative estimate of drug-likeness (QED) is 0.0564. The number of aliphatic hydroxyl groups excluding tert-OH is 1. The second-order valence-electron chi connectivity index (χ2n) is 11.8. The Morgan fingerprint density at radius 1 is 1.08 bits per heavy atom. The largest absolute Gasteiger partial charge is 0.481 e. The van der Waals surface area contributed by atoms with Crippen molar-refractivity contribution < 1.29 is 61.7 Å². The summed E-state index contributed by atoms with van der Waals surface area (Å²) in [5, 5.41) is 22.3. The zero-order chi connectivity index (χ0) is 37.8. The molecule has 2 saturated heterocycles. The molecular weight excluding hydrogens is 740 g/mol. The number of ether oxygens (including phenoxy) is 3. The number of unbranched alkanes of at least 4 members (excludes halogenated alkanes) is 2. The number of fused-ring (bicyclic) bond motifs is 1. The number of aromatic nitrogens is 6. The van der Waals surface area contributed by atoms with Gasteiger partial charge in [-0.1, -0.05) is 6.42 Å². The van der Waals surface area contributed by atoms with E-state index in [9.17, 15) is 38.4 Å². The third-order valence-corrected chi connectivity index (χ3v) is 10.2. The zero-order valence-electron chi connectivity index (χ0n) is 27.5. The Balaban J connectivity index is 1.39. The number of H-pyrrole nitrogens is 1. The van der Waals surface area contributed by atoms with Crippen molar-refractivity contribution >= 4 is 44.5 Å². The molecule has 5 rings (SSSR count). The van der Waals surface area contributed by atoms with E-state index in [1.807, 2.05) is 0 Å². The number of methoxy groups -OCH3 is 1. The van der Waals surface area contributed by atoms with Crippen LogP contribution in [-0.2, 0) is 41.7 Å². The van der Waals surface area contributed by atoms with Crippen molar-refractivity contribution in [3.63, 3.8) is 0 Å². The van der Waals surface area contributed by atoms with Gasteiger partial charge in [-0.3, -0.25) is 37.3 Å². The van der Waals surface area contributed by atoms with Crippen LogP contribution in [0, 0.1) is 0 Å². The Bertz CT molecular complexity index is 1940. The van der Waals surface area contributed by atoms with Crippen molar-refractivity contribution in [1.82, 2.24) is 34.2 Å². The number of carboxylic acid groups (broad SMARTS) is 1. The summed E-state index contributed by atoms with van der Waals surface area (Å²) < 4.78 is 62.5. The van der Waals surface area contributed by atoms with Crippen LogP contribution in [0.3, 0.4) is 0 Å². The number of carboxylic acids is 1. The van der Waals surface area contributed by atoms with E-state index in [2.05, 4.69) is 25.0 Å². The molecule has 0 bridgehead atoms. The summed E-state index contributed by atoms with van der Waals surface area (Å²) in [5.74, 6) is -1.25. The fourth-order valence-electron chi connectivity index (χ4n) is 5.70. The zero-order valence-corrected chi connectivity index (χ0v) is 29.3. The van der Waals surface area contributed by atoms with Crippen molar-refractivity contribution in [3.8, 4) is 0 Å². The predicted molar refractivity (Wildman–Crippen MR) is 175 cm³/mol. The van der Waals surface area contributed by atoms with E-state index in [1.165, 1.54) is 30.3 Å². The van der Waals surface area contributed by atoms with Crippen LogP contribution in [0.15, 0.2) is 28.2 Å². The SMILES string of the molecule is CO[C@@H]1[C@H](OP(=O)(NCCCCCC(=O)O)OC[C@@H]2C[C@@H](O)[C@H](n3ccc(N)nc3=O)O2)[C@@H](COP(=O)(O)O)O[C@H]1n1cnc2c(=O)[nH]c(N)nc21. The van der Waals surface area contributed by atoms with Crippen molar-refractivity contribution in [2.75, 3.05) is 38.3 Å². The van der Waals surface area contributed by atoms with Crippen molar-refractivity contribution in [2.24, 2.45) is 0 Å². The minimum atomic E-state index is -5.07. The summed E-state index contributed by atoms with van der Waals surface area (Å²) >= 11 is 0. The molecule has 0 aromatic carbocycles. The molecule has 3 aromatic rings. The molecule has 8 atom stereocenters. The molecule has 0 spiro atoms. The Hall–Kier alpha value is -3.64. The number of aliphatic hydroxyl groups is 1. The van der Waals surface area contributed by atoms with Crippen LogP contribution in [0.2, 0.25) is 0 Å². The number of nitrogens with zero attached hydrogens (tertiary/aromatic N) is 5. The van der Waals surface area contributed by atoms with Crippen molar-refractivity contribution in [2.45, 2.75) is 75.1 Å². The molecule has 0 radical (unpaired) electrons. The first kappa shape index (κ1) is 39.6. The van der Waals surface area contributed by atoms with E-state index < -0.39 is 89.0 Å². The molecule has 1 unspecified atom stereocenters. The number of nitrogens with one attached hydrogen (secondary N) is 2. The van der Waals surface area contributed by atoms with Crippen LogP contribution >= 0.6 is 15.6 Å². The van der Waals surface area contributed by atoms with Gasteiger partial charge in [-0.15, -0.1) is 0 Å². The Kier molecular flexibility index (Phi) is 12.6. The van der Waals surface area contributed by atoms with E-state index in [0.29, 0.717) is 19.3 Å². The molecule has 24 nitrogen and oxygen atoms in total. The molecule has 2 fully saturated rings. The van der Waals surface area contributed by atoms with Gasteiger partial charge in [0.2, 0.25) is 5.95 Å². The number of imidazole rings is 1. The van der Waals surface area contributed by atoms with Crippen LogP contribution in [-0.4, -0.2) is 112 Å². The molecule has 288 valence electrons. The number of nitrogen functional groups attached to an aromatic ring is 2. The van der Waals surface area contributed by atoms with Gasteiger partial charge in [0.15, 0.2) is 23.6 Å². The van der Waals surface area contributed by atoms with Crippen molar-refractivity contribution in [1.29, 1.82) is 0 Å². The number of hydrogen-bond acceptors (Lipinski definition) is 17. The molecule has 26 heteroatoms. The summed E-state index contributed by atoms with van der Waals surface area (Å²) in [5.41, 5.74) is 9.70. The second kappa shape index (κ2) is 16.6. The molecule has 0 aliphatic carbocycles. The molecule has 0 amide bonds. The molecule has 52 heavy (non-hydrogen) atoms. The van der Waals surface area contributed by atoms with E-state index in [-0.39, 0.29) is 42.3 Å². The average Bonchev–Trinajstić information content (AvgIpc) is 3.75. The molecule has 2 aliphatic rings. The predicted octanol–water partition coefficient (Wildman–Crippen LogP) is -1.04. The maximum atomic E-state index is 14.4. The second-order valence-corrected chi connectivity index (χ2v) is 14.8. The Morgan fingerprint density at radius 2 is 1.85 bits per heavy atom. The lowest BCUT2D eigenvalue weighted by molar-refractivity contribution is -0.137. The first-order chi connectivity index (χ1) is 24.6. The molecule has 3 aromatic heterocycles. The molecule has 10 N–H and O–H groups in total. The minimum Gasteiger partial charge on any atom is -0.481 e. The number of aliphatic carboxylic acids is 1. The highest BCUT2D eigenvalue weighted by molar-refractivity contribution is 7.51. The van der Waals surface area contributed by atoms with Crippen LogP contribution in [0.5, 0.6) is 0 Å². The molecule has 0 saturated carbocycles. The fourth-order valence-corrected chi connectivity index (χ4v) is 7.64. The molecular formula is C26H39N9O15P2. The lowest BCUT2D eigenvalue weighted by Gasteiger charge is -2.28. The first-order valence-electron chi connectivity index (χ1n) is 15.8. The summed E-state index contributed by atoms with van der Waals surface area (Å²) in [6.45, 7) is -1.26. The van der Waals surface area contributed by atoms with Gasteiger partial charge in [0, 0.05) is 32.7 Å². The number of phosphoric acid groups is 1. The average molecular weight is 780 g/mol. The van der Waals surface area contributed by atoms with Gasteiger partial charge in [0.05, 0.1) is 25.6 Å². The summed E-state index contributed by atoms with van der Waals surface area (Å²) in [6, 6.07) is 1.34. The maximum Gasteiger partial charge on any atom is 0.469 e. The summed E-state index contributed by atoms with van der Waals surface area (Å²) in [4.78, 5) is 68.7. The molecule has 5 heterocycles. The highest BCUT2D eigenvalue weighted by Crippen LogP contribution is 2.51. The van der Waals surface area contributed by atoms with Crippen molar-refractivity contribution in [3.05, 3.63) is 39.4 Å². The third-order valence-electron chi connectivity index (χ3n) is 8.04. The van der Waals surface area contributed by atoms with Gasteiger partial charge in [0.1, 0.15) is 30.2 Å². The van der Waals surface area contributed by atoms with Crippen LogP contribution < -0.4 is 27.8 Å². The van der Waals surface area contributed by atoms with Crippen LogP contribution in [0.25, 0.3) is 11.2 Å². The summed E-state index contributed by atoms with van der Waals surface area (Å²) in [6.07, 6.45) is -5.19. The lowest BCUT2D eigenvalue weighted by atomic mass is 10.1. The Morgan fingerprint density at radius 3 is 2.54 bits per heavy atom. The van der Waals surface area contributed by atoms with Gasteiger partial charge in [-0.2, -0.15) is 9.97 Å². The monoisotopic (exact) mass is 779 g/mol. The Labute approximate surface area is 293 Å². The minimum absolute atomic E-state index is 0.00337. The van der Waals surface area contributed by atoms with Crippen LogP contribution in [0.1, 0.15) is 44.6 Å². The highest BCUT2D eigenvalue weighted by Gasteiger charge is 2.51. The first-order valence-corrected chi connectivity index (χ1v) is 18.8.